The quantitative estimate of drug-likeness (QED) is 0.747. The van der Waals surface area contributed by atoms with Gasteiger partial charge in [-0.3, -0.25) is 4.72 Å². The Hall–Kier alpha value is -1.68. The average Bonchev–Trinajstić information content (AvgIpc) is 2.39. The van der Waals surface area contributed by atoms with E-state index >= 15 is 0 Å². The number of nitrogens with one attached hydrogen (secondary N) is 1. The number of halogens is 6. The largest absolute Gasteiger partial charge is 0.416 e. The van der Waals surface area contributed by atoms with Crippen LogP contribution >= 0.6 is 15.9 Å². The topological polar surface area (TPSA) is 46.2 Å². The first-order valence-electron chi connectivity index (χ1n) is 5.85. The monoisotopic (exact) mass is 415 g/mol. The summed E-state index contributed by atoms with van der Waals surface area (Å²) in [5, 5.41) is 0. The fourth-order valence-corrected chi connectivity index (χ4v) is 3.22. The lowest BCUT2D eigenvalue weighted by Gasteiger charge is -2.12. The van der Waals surface area contributed by atoms with Gasteiger partial charge in [-0.1, -0.05) is 15.9 Å². The van der Waals surface area contributed by atoms with Crippen LogP contribution in [-0.2, 0) is 16.2 Å². The molecule has 0 saturated heterocycles. The molecule has 0 bridgehead atoms. The molecule has 0 amide bonds. The van der Waals surface area contributed by atoms with Crippen LogP contribution in [0.5, 0.6) is 0 Å². The molecule has 2 rings (SSSR count). The molecule has 0 saturated carbocycles. The summed E-state index contributed by atoms with van der Waals surface area (Å²) in [5.41, 5.74) is -1.45. The van der Waals surface area contributed by atoms with E-state index in [9.17, 15) is 30.4 Å². The van der Waals surface area contributed by atoms with Gasteiger partial charge >= 0.3 is 6.18 Å². The van der Waals surface area contributed by atoms with Gasteiger partial charge in [-0.15, -0.1) is 0 Å². The molecule has 0 aromatic heterocycles. The van der Waals surface area contributed by atoms with Gasteiger partial charge in [-0.25, -0.2) is 17.2 Å². The van der Waals surface area contributed by atoms with Gasteiger partial charge in [0.15, 0.2) is 11.6 Å². The average molecular weight is 416 g/mol. The molecule has 10 heteroatoms. The number of benzene rings is 2. The summed E-state index contributed by atoms with van der Waals surface area (Å²) in [6.07, 6.45) is -4.67. The predicted molar refractivity (Wildman–Crippen MR) is 76.3 cm³/mol. The molecule has 0 atom stereocenters. The molecule has 0 unspecified atom stereocenters. The highest BCUT2D eigenvalue weighted by atomic mass is 79.9. The normalized spacial score (nSPS) is 12.3. The van der Waals surface area contributed by atoms with Crippen molar-refractivity contribution in [3.8, 4) is 0 Å². The minimum absolute atomic E-state index is 0.00434. The first kappa shape index (κ1) is 17.7. The van der Waals surface area contributed by atoms with Gasteiger partial charge in [0.1, 0.15) is 0 Å². The SMILES string of the molecule is O=S(=O)(Nc1cc(Br)cc(C(F)(F)F)c1)c1ccc(F)c(F)c1. The zero-order chi connectivity index (χ0) is 17.4. The Labute approximate surface area is 136 Å². The molecule has 1 N–H and O–H groups in total. The second kappa shape index (κ2) is 6.08. The fourth-order valence-electron chi connectivity index (χ4n) is 1.67. The first-order valence-corrected chi connectivity index (χ1v) is 8.12. The van der Waals surface area contributed by atoms with E-state index in [0.29, 0.717) is 18.2 Å². The van der Waals surface area contributed by atoms with Gasteiger partial charge in [0.05, 0.1) is 16.1 Å². The van der Waals surface area contributed by atoms with E-state index in [1.54, 1.807) is 0 Å². The van der Waals surface area contributed by atoms with Crippen LogP contribution in [0.2, 0.25) is 0 Å². The number of alkyl halides is 3. The minimum atomic E-state index is -4.67. The summed E-state index contributed by atoms with van der Waals surface area (Å²) < 4.78 is 90.0. The smallest absolute Gasteiger partial charge is 0.280 e. The van der Waals surface area contributed by atoms with Crippen molar-refractivity contribution in [2.24, 2.45) is 0 Å². The van der Waals surface area contributed by atoms with E-state index < -0.39 is 38.3 Å². The van der Waals surface area contributed by atoms with E-state index in [2.05, 4.69) is 15.9 Å². The van der Waals surface area contributed by atoms with Gasteiger partial charge in [0, 0.05) is 4.47 Å². The Morgan fingerprint density at radius 3 is 2.17 bits per heavy atom. The number of anilines is 1. The lowest BCUT2D eigenvalue weighted by molar-refractivity contribution is -0.137. The Kier molecular flexibility index (Phi) is 4.67. The van der Waals surface area contributed by atoms with Gasteiger partial charge in [0.2, 0.25) is 0 Å². The number of sulfonamides is 1. The standard InChI is InChI=1S/C13H7BrF5NO2S/c14-8-3-7(13(17,18)19)4-9(5-8)20-23(21,22)10-1-2-11(15)12(16)6-10/h1-6,20H. The number of rotatable bonds is 3. The lowest BCUT2D eigenvalue weighted by atomic mass is 10.2. The van der Waals surface area contributed by atoms with Crippen molar-refractivity contribution in [2.75, 3.05) is 4.72 Å². The molecule has 3 nitrogen and oxygen atoms in total. The van der Waals surface area contributed by atoms with Crippen molar-refractivity contribution in [3.63, 3.8) is 0 Å². The van der Waals surface area contributed by atoms with Crippen LogP contribution in [-0.4, -0.2) is 8.42 Å². The maximum Gasteiger partial charge on any atom is 0.416 e. The maximum atomic E-state index is 13.1. The van der Waals surface area contributed by atoms with Crippen molar-refractivity contribution in [3.05, 3.63) is 58.1 Å². The van der Waals surface area contributed by atoms with Crippen molar-refractivity contribution in [1.29, 1.82) is 0 Å². The van der Waals surface area contributed by atoms with E-state index in [1.807, 2.05) is 4.72 Å². The number of hydrogen-bond donors (Lipinski definition) is 1. The molecule has 0 aliphatic heterocycles. The van der Waals surface area contributed by atoms with Crippen LogP contribution in [0.3, 0.4) is 0 Å². The first-order chi connectivity index (χ1) is 10.5. The molecule has 0 heterocycles. The predicted octanol–water partition coefficient (Wildman–Crippen LogP) is 4.55. The Balaban J connectivity index is 2.41. The molecule has 0 radical (unpaired) electrons. The zero-order valence-electron chi connectivity index (χ0n) is 11.0. The van der Waals surface area contributed by atoms with Gasteiger partial charge in [0.25, 0.3) is 10.0 Å². The van der Waals surface area contributed by atoms with E-state index in [0.717, 1.165) is 18.2 Å². The van der Waals surface area contributed by atoms with Crippen LogP contribution in [0.25, 0.3) is 0 Å². The van der Waals surface area contributed by atoms with E-state index in [1.165, 1.54) is 0 Å². The lowest BCUT2D eigenvalue weighted by Crippen LogP contribution is -2.14. The van der Waals surface area contributed by atoms with E-state index in [-0.39, 0.29) is 10.2 Å². The Morgan fingerprint density at radius 1 is 0.957 bits per heavy atom. The Morgan fingerprint density at radius 2 is 1.61 bits per heavy atom. The van der Waals surface area contributed by atoms with Crippen LogP contribution in [0.1, 0.15) is 5.56 Å². The fraction of sp³-hybridized carbons (Fsp3) is 0.0769. The van der Waals surface area contributed by atoms with Crippen molar-refractivity contribution < 1.29 is 30.4 Å². The van der Waals surface area contributed by atoms with Gasteiger partial charge in [-0.05, 0) is 36.4 Å². The zero-order valence-corrected chi connectivity index (χ0v) is 13.4. The summed E-state index contributed by atoms with van der Waals surface area (Å²) in [5.74, 6) is -2.64. The second-order valence-electron chi connectivity index (χ2n) is 4.41. The van der Waals surface area contributed by atoms with Crippen LogP contribution in [0.15, 0.2) is 45.8 Å². The highest BCUT2D eigenvalue weighted by Gasteiger charge is 2.31. The van der Waals surface area contributed by atoms with Gasteiger partial charge in [-0.2, -0.15) is 13.2 Å². The molecular formula is C13H7BrF5NO2S. The van der Waals surface area contributed by atoms with Crippen LogP contribution in [0, 0.1) is 11.6 Å². The molecule has 23 heavy (non-hydrogen) atoms. The third kappa shape index (κ3) is 4.20. The Bertz CT molecular complexity index is 852. The third-order valence-electron chi connectivity index (χ3n) is 2.68. The molecule has 0 spiro atoms. The summed E-state index contributed by atoms with van der Waals surface area (Å²) in [6, 6.07) is 4.29. The molecule has 124 valence electrons. The molecular weight excluding hydrogens is 409 g/mol. The summed E-state index contributed by atoms with van der Waals surface area (Å²) in [7, 11) is -4.38. The number of hydrogen-bond acceptors (Lipinski definition) is 2. The summed E-state index contributed by atoms with van der Waals surface area (Å²) in [4.78, 5) is -0.620. The van der Waals surface area contributed by atoms with Crippen molar-refractivity contribution >= 4 is 31.6 Å². The third-order valence-corrected chi connectivity index (χ3v) is 4.52. The second-order valence-corrected chi connectivity index (χ2v) is 7.01. The maximum absolute atomic E-state index is 13.1. The molecule has 0 aliphatic rings. The van der Waals surface area contributed by atoms with Gasteiger partial charge < -0.3 is 0 Å². The van der Waals surface area contributed by atoms with E-state index in [4.69, 9.17) is 0 Å². The molecule has 0 fully saturated rings. The molecule has 0 aliphatic carbocycles. The minimum Gasteiger partial charge on any atom is -0.280 e. The molecule has 2 aromatic rings. The van der Waals surface area contributed by atoms with Crippen LogP contribution < -0.4 is 4.72 Å². The van der Waals surface area contributed by atoms with Crippen LogP contribution in [0.4, 0.5) is 27.6 Å². The highest BCUT2D eigenvalue weighted by Crippen LogP contribution is 2.34. The molecule has 2 aromatic carbocycles. The summed E-state index contributed by atoms with van der Waals surface area (Å²) >= 11 is 2.85. The highest BCUT2D eigenvalue weighted by molar-refractivity contribution is 9.10. The van der Waals surface area contributed by atoms with Crippen molar-refractivity contribution in [2.45, 2.75) is 11.1 Å². The summed E-state index contributed by atoms with van der Waals surface area (Å²) in [6.45, 7) is 0. The van der Waals surface area contributed by atoms with Crippen molar-refractivity contribution in [1.82, 2.24) is 0 Å².